The highest BCUT2D eigenvalue weighted by atomic mass is 16.5. The van der Waals surface area contributed by atoms with Crippen LogP contribution in [0.4, 0.5) is 0 Å². The van der Waals surface area contributed by atoms with Gasteiger partial charge in [0.05, 0.1) is 13.2 Å². The first-order chi connectivity index (χ1) is 10.6. The standard InChI is InChI=1S/C14H16N4O4/c1-2-22-14(21)11(13(19)20)8-12-15-16-17-18(12)9-10-6-4-3-5-7-10/h3-7,11H,2,8-9H2,1H3,(H,19,20). The molecule has 2 aromatic rings. The lowest BCUT2D eigenvalue weighted by molar-refractivity contribution is -0.158. The van der Waals surface area contributed by atoms with E-state index in [9.17, 15) is 14.7 Å². The van der Waals surface area contributed by atoms with Gasteiger partial charge in [0.1, 0.15) is 0 Å². The molecule has 0 aliphatic rings. The molecule has 1 aromatic heterocycles. The van der Waals surface area contributed by atoms with Crippen LogP contribution >= 0.6 is 0 Å². The van der Waals surface area contributed by atoms with Gasteiger partial charge in [-0.3, -0.25) is 9.59 Å². The molecule has 0 spiro atoms. The molecule has 0 bridgehead atoms. The molecule has 0 saturated carbocycles. The number of carbonyl (C=O) groups excluding carboxylic acids is 1. The summed E-state index contributed by atoms with van der Waals surface area (Å²) in [6.45, 7) is 2.15. The molecule has 1 heterocycles. The third-order valence-electron chi connectivity index (χ3n) is 3.04. The van der Waals surface area contributed by atoms with E-state index >= 15 is 0 Å². The van der Waals surface area contributed by atoms with Crippen molar-refractivity contribution in [3.05, 3.63) is 41.7 Å². The number of esters is 1. The third-order valence-corrected chi connectivity index (χ3v) is 3.04. The van der Waals surface area contributed by atoms with Crippen molar-refractivity contribution >= 4 is 11.9 Å². The quantitative estimate of drug-likeness (QED) is 0.587. The zero-order valence-corrected chi connectivity index (χ0v) is 12.0. The molecule has 22 heavy (non-hydrogen) atoms. The summed E-state index contributed by atoms with van der Waals surface area (Å²) in [6, 6.07) is 9.48. The Morgan fingerprint density at radius 2 is 2.05 bits per heavy atom. The van der Waals surface area contributed by atoms with Crippen LogP contribution in [0.25, 0.3) is 0 Å². The van der Waals surface area contributed by atoms with Crippen LogP contribution in [0.3, 0.4) is 0 Å². The fraction of sp³-hybridized carbons (Fsp3) is 0.357. The summed E-state index contributed by atoms with van der Waals surface area (Å²) in [4.78, 5) is 22.9. The number of nitrogens with zero attached hydrogens (tertiary/aromatic N) is 4. The van der Waals surface area contributed by atoms with Crippen molar-refractivity contribution in [2.45, 2.75) is 19.9 Å². The summed E-state index contributed by atoms with van der Waals surface area (Å²) >= 11 is 0. The average molecular weight is 304 g/mol. The molecular formula is C14H16N4O4. The number of ether oxygens (including phenoxy) is 1. The van der Waals surface area contributed by atoms with Crippen molar-refractivity contribution in [3.8, 4) is 0 Å². The van der Waals surface area contributed by atoms with E-state index in [0.29, 0.717) is 12.4 Å². The fourth-order valence-electron chi connectivity index (χ4n) is 1.95. The van der Waals surface area contributed by atoms with Gasteiger partial charge in [0.15, 0.2) is 11.7 Å². The Morgan fingerprint density at radius 1 is 1.32 bits per heavy atom. The summed E-state index contributed by atoms with van der Waals surface area (Å²) in [5.74, 6) is -3.04. The van der Waals surface area contributed by atoms with E-state index in [4.69, 9.17) is 4.74 Å². The van der Waals surface area contributed by atoms with Crippen LogP contribution in [0.2, 0.25) is 0 Å². The largest absolute Gasteiger partial charge is 0.481 e. The van der Waals surface area contributed by atoms with Crippen LogP contribution in [-0.4, -0.2) is 43.9 Å². The average Bonchev–Trinajstić information content (AvgIpc) is 2.92. The van der Waals surface area contributed by atoms with Gasteiger partial charge >= 0.3 is 11.9 Å². The van der Waals surface area contributed by atoms with Gasteiger partial charge in [0.25, 0.3) is 0 Å². The molecule has 8 heteroatoms. The zero-order chi connectivity index (χ0) is 15.9. The fourth-order valence-corrected chi connectivity index (χ4v) is 1.95. The van der Waals surface area contributed by atoms with Crippen molar-refractivity contribution in [2.24, 2.45) is 5.92 Å². The van der Waals surface area contributed by atoms with Crippen molar-refractivity contribution in [1.29, 1.82) is 0 Å². The lowest BCUT2D eigenvalue weighted by Crippen LogP contribution is -2.29. The number of hydrogen-bond acceptors (Lipinski definition) is 6. The molecule has 2 rings (SSSR count). The van der Waals surface area contributed by atoms with E-state index in [1.807, 2.05) is 30.3 Å². The molecule has 1 unspecified atom stereocenters. The number of carboxylic acids is 1. The van der Waals surface area contributed by atoms with Crippen LogP contribution < -0.4 is 0 Å². The molecule has 0 amide bonds. The summed E-state index contributed by atoms with van der Waals surface area (Å²) in [5, 5.41) is 20.4. The van der Waals surface area contributed by atoms with Gasteiger partial charge in [-0.2, -0.15) is 0 Å². The van der Waals surface area contributed by atoms with Crippen LogP contribution in [0, 0.1) is 5.92 Å². The first kappa shape index (κ1) is 15.6. The van der Waals surface area contributed by atoms with Gasteiger partial charge in [-0.25, -0.2) is 4.68 Å². The Labute approximate surface area is 126 Å². The molecule has 1 N–H and O–H groups in total. The number of rotatable bonds is 7. The SMILES string of the molecule is CCOC(=O)C(Cc1nnnn1Cc1ccccc1)C(=O)O. The molecule has 1 aromatic carbocycles. The van der Waals surface area contributed by atoms with Crippen LogP contribution in [-0.2, 0) is 27.3 Å². The van der Waals surface area contributed by atoms with Crippen molar-refractivity contribution in [3.63, 3.8) is 0 Å². The second-order valence-corrected chi connectivity index (χ2v) is 4.59. The Bertz CT molecular complexity index is 641. The summed E-state index contributed by atoms with van der Waals surface area (Å²) in [7, 11) is 0. The maximum atomic E-state index is 11.7. The first-order valence-corrected chi connectivity index (χ1v) is 6.80. The predicted molar refractivity (Wildman–Crippen MR) is 74.8 cm³/mol. The molecule has 0 fully saturated rings. The van der Waals surface area contributed by atoms with Crippen molar-refractivity contribution in [1.82, 2.24) is 20.2 Å². The first-order valence-electron chi connectivity index (χ1n) is 6.80. The van der Waals surface area contributed by atoms with Gasteiger partial charge in [0, 0.05) is 6.42 Å². The minimum atomic E-state index is -1.32. The number of aromatic nitrogens is 4. The number of benzene rings is 1. The van der Waals surface area contributed by atoms with Gasteiger partial charge in [-0.15, -0.1) is 5.10 Å². The topological polar surface area (TPSA) is 107 Å². The second-order valence-electron chi connectivity index (χ2n) is 4.59. The Hall–Kier alpha value is -2.77. The van der Waals surface area contributed by atoms with E-state index in [1.165, 1.54) is 4.68 Å². The monoisotopic (exact) mass is 304 g/mol. The second kappa shape index (κ2) is 7.30. The number of tetrazole rings is 1. The van der Waals surface area contributed by atoms with Gasteiger partial charge in [-0.1, -0.05) is 30.3 Å². The lowest BCUT2D eigenvalue weighted by Gasteiger charge is -2.11. The molecule has 0 aliphatic carbocycles. The zero-order valence-electron chi connectivity index (χ0n) is 12.0. The summed E-state index contributed by atoms with van der Waals surface area (Å²) in [5.41, 5.74) is 0.971. The molecule has 0 aliphatic heterocycles. The van der Waals surface area contributed by atoms with Gasteiger partial charge < -0.3 is 9.84 Å². The maximum Gasteiger partial charge on any atom is 0.320 e. The van der Waals surface area contributed by atoms with Crippen molar-refractivity contribution < 1.29 is 19.4 Å². The Kier molecular flexibility index (Phi) is 5.18. The number of aliphatic carboxylic acids is 1. The highest BCUT2D eigenvalue weighted by molar-refractivity contribution is 5.94. The molecule has 0 saturated heterocycles. The highest BCUT2D eigenvalue weighted by Crippen LogP contribution is 2.10. The van der Waals surface area contributed by atoms with E-state index in [1.54, 1.807) is 6.92 Å². The van der Waals surface area contributed by atoms with E-state index in [2.05, 4.69) is 15.5 Å². The van der Waals surface area contributed by atoms with Gasteiger partial charge in [0.2, 0.25) is 0 Å². The highest BCUT2D eigenvalue weighted by Gasteiger charge is 2.30. The molecule has 1 atom stereocenters. The number of carboxylic acid groups (broad SMARTS) is 1. The molecule has 116 valence electrons. The Morgan fingerprint density at radius 3 is 2.68 bits per heavy atom. The Balaban J connectivity index is 2.14. The minimum Gasteiger partial charge on any atom is -0.481 e. The van der Waals surface area contributed by atoms with E-state index < -0.39 is 17.9 Å². The van der Waals surface area contributed by atoms with Crippen LogP contribution in [0.15, 0.2) is 30.3 Å². The molecule has 0 radical (unpaired) electrons. The summed E-state index contributed by atoms with van der Waals surface area (Å²) in [6.07, 6.45) is -0.117. The molecule has 8 nitrogen and oxygen atoms in total. The predicted octanol–water partition coefficient (Wildman–Crippen LogP) is 0.528. The van der Waals surface area contributed by atoms with E-state index in [0.717, 1.165) is 5.56 Å². The summed E-state index contributed by atoms with van der Waals surface area (Å²) < 4.78 is 6.25. The van der Waals surface area contributed by atoms with Crippen LogP contribution in [0.5, 0.6) is 0 Å². The van der Waals surface area contributed by atoms with Crippen LogP contribution in [0.1, 0.15) is 18.3 Å². The number of carbonyl (C=O) groups is 2. The normalized spacial score (nSPS) is 11.9. The van der Waals surface area contributed by atoms with Crippen molar-refractivity contribution in [2.75, 3.05) is 6.61 Å². The van der Waals surface area contributed by atoms with E-state index in [-0.39, 0.29) is 13.0 Å². The lowest BCUT2D eigenvalue weighted by atomic mass is 10.1. The minimum absolute atomic E-state index is 0.117. The number of hydrogen-bond donors (Lipinski definition) is 1. The van der Waals surface area contributed by atoms with Gasteiger partial charge in [-0.05, 0) is 22.9 Å². The molecular weight excluding hydrogens is 288 g/mol. The maximum absolute atomic E-state index is 11.7. The third kappa shape index (κ3) is 3.87. The smallest absolute Gasteiger partial charge is 0.320 e.